The third-order valence-electron chi connectivity index (χ3n) is 3.38. The van der Waals surface area contributed by atoms with Crippen LogP contribution in [-0.2, 0) is 20.1 Å². The monoisotopic (exact) mass is 413 g/mol. The number of hydrogen-bond acceptors (Lipinski definition) is 6. The maximum absolute atomic E-state index is 12.3. The molecule has 0 aliphatic rings. The van der Waals surface area contributed by atoms with Crippen LogP contribution in [0.3, 0.4) is 0 Å². The van der Waals surface area contributed by atoms with Crippen molar-refractivity contribution in [3.05, 3.63) is 45.1 Å². The lowest BCUT2D eigenvalue weighted by molar-refractivity contribution is -0.150. The van der Waals surface area contributed by atoms with Crippen molar-refractivity contribution < 1.29 is 19.1 Å². The molecule has 0 aliphatic heterocycles. The van der Waals surface area contributed by atoms with Crippen molar-refractivity contribution in [1.29, 1.82) is 0 Å². The summed E-state index contributed by atoms with van der Waals surface area (Å²) in [4.78, 5) is 25.3. The SMILES string of the molecule is COc1ccc(C)cc1NC(=O)[C@@H](C)OC(=O)CSCc1ccc(Cl)s1. The zero-order valence-corrected chi connectivity index (χ0v) is 17.1. The summed E-state index contributed by atoms with van der Waals surface area (Å²) in [6.45, 7) is 3.45. The van der Waals surface area contributed by atoms with E-state index in [0.29, 0.717) is 17.2 Å². The number of rotatable bonds is 8. The zero-order chi connectivity index (χ0) is 19.1. The van der Waals surface area contributed by atoms with Crippen molar-refractivity contribution in [3.63, 3.8) is 0 Å². The van der Waals surface area contributed by atoms with E-state index in [4.69, 9.17) is 21.1 Å². The Hall–Kier alpha value is -1.70. The van der Waals surface area contributed by atoms with Gasteiger partial charge >= 0.3 is 5.97 Å². The highest BCUT2D eigenvalue weighted by Gasteiger charge is 2.19. The Morgan fingerprint density at radius 1 is 1.31 bits per heavy atom. The van der Waals surface area contributed by atoms with Crippen LogP contribution >= 0.6 is 34.7 Å². The van der Waals surface area contributed by atoms with E-state index in [2.05, 4.69) is 5.32 Å². The number of anilines is 1. The fraction of sp³-hybridized carbons (Fsp3) is 0.333. The zero-order valence-electron chi connectivity index (χ0n) is 14.7. The van der Waals surface area contributed by atoms with E-state index in [-0.39, 0.29) is 5.75 Å². The number of thiophene rings is 1. The van der Waals surface area contributed by atoms with Gasteiger partial charge in [-0.2, -0.15) is 0 Å². The molecular formula is C18H20ClNO4S2. The predicted molar refractivity (Wildman–Crippen MR) is 107 cm³/mol. The van der Waals surface area contributed by atoms with Gasteiger partial charge in [0.15, 0.2) is 6.10 Å². The molecule has 26 heavy (non-hydrogen) atoms. The molecule has 2 aromatic rings. The molecule has 1 N–H and O–H groups in total. The number of methoxy groups -OCH3 is 1. The van der Waals surface area contributed by atoms with Gasteiger partial charge < -0.3 is 14.8 Å². The van der Waals surface area contributed by atoms with Crippen molar-refractivity contribution in [3.8, 4) is 5.75 Å². The van der Waals surface area contributed by atoms with Gasteiger partial charge in [-0.1, -0.05) is 17.7 Å². The van der Waals surface area contributed by atoms with E-state index >= 15 is 0 Å². The fourth-order valence-corrected chi connectivity index (χ4v) is 4.11. The molecule has 8 heteroatoms. The Kier molecular flexibility index (Phi) is 7.81. The normalized spacial score (nSPS) is 11.7. The average molecular weight is 414 g/mol. The number of hydrogen-bond donors (Lipinski definition) is 1. The lowest BCUT2D eigenvalue weighted by Crippen LogP contribution is -2.30. The van der Waals surface area contributed by atoms with Crippen molar-refractivity contribution in [1.82, 2.24) is 0 Å². The van der Waals surface area contributed by atoms with Crippen LogP contribution in [0.1, 0.15) is 17.4 Å². The maximum atomic E-state index is 12.3. The molecule has 0 unspecified atom stereocenters. The van der Waals surface area contributed by atoms with Gasteiger partial charge in [0.2, 0.25) is 0 Å². The molecule has 1 aromatic carbocycles. The first-order chi connectivity index (χ1) is 12.4. The number of ether oxygens (including phenoxy) is 2. The van der Waals surface area contributed by atoms with Crippen LogP contribution in [0.5, 0.6) is 5.75 Å². The first kappa shape index (κ1) is 20.6. The summed E-state index contributed by atoms with van der Waals surface area (Å²) in [5.74, 6) is 0.551. The van der Waals surface area contributed by atoms with Crippen molar-refractivity contribution >= 4 is 52.3 Å². The van der Waals surface area contributed by atoms with Gasteiger partial charge in [-0.05, 0) is 43.7 Å². The van der Waals surface area contributed by atoms with Gasteiger partial charge in [-0.15, -0.1) is 23.1 Å². The number of benzene rings is 1. The minimum absolute atomic E-state index is 0.168. The van der Waals surface area contributed by atoms with Gasteiger partial charge in [0.05, 0.1) is 22.9 Å². The number of halogens is 1. The highest BCUT2D eigenvalue weighted by atomic mass is 35.5. The lowest BCUT2D eigenvalue weighted by Gasteiger charge is -2.15. The number of amides is 1. The maximum Gasteiger partial charge on any atom is 0.316 e. The highest BCUT2D eigenvalue weighted by Crippen LogP contribution is 2.26. The fourth-order valence-electron chi connectivity index (χ4n) is 2.10. The van der Waals surface area contributed by atoms with Gasteiger partial charge in [-0.25, -0.2) is 0 Å². The van der Waals surface area contributed by atoms with Gasteiger partial charge in [0, 0.05) is 10.6 Å². The topological polar surface area (TPSA) is 64.6 Å². The molecule has 1 atom stereocenters. The Bertz CT molecular complexity index is 778. The van der Waals surface area contributed by atoms with Crippen LogP contribution in [0.25, 0.3) is 0 Å². The number of nitrogens with one attached hydrogen (secondary N) is 1. The molecule has 0 fully saturated rings. The van der Waals surface area contributed by atoms with E-state index in [1.54, 1.807) is 19.1 Å². The summed E-state index contributed by atoms with van der Waals surface area (Å²) < 4.78 is 11.1. The highest BCUT2D eigenvalue weighted by molar-refractivity contribution is 7.99. The Morgan fingerprint density at radius 2 is 2.08 bits per heavy atom. The summed E-state index contributed by atoms with van der Waals surface area (Å²) in [5.41, 5.74) is 1.53. The Balaban J connectivity index is 1.80. The Morgan fingerprint density at radius 3 is 2.73 bits per heavy atom. The molecule has 1 aromatic heterocycles. The molecule has 0 saturated heterocycles. The number of thioether (sulfide) groups is 1. The van der Waals surface area contributed by atoms with Crippen molar-refractivity contribution in [2.75, 3.05) is 18.2 Å². The molecule has 1 amide bonds. The van der Waals surface area contributed by atoms with Crippen LogP contribution in [0.4, 0.5) is 5.69 Å². The molecule has 0 bridgehead atoms. The second-order valence-electron chi connectivity index (χ2n) is 5.52. The first-order valence-corrected chi connectivity index (χ1v) is 10.2. The van der Waals surface area contributed by atoms with Gasteiger partial charge in [0.1, 0.15) is 5.75 Å². The van der Waals surface area contributed by atoms with E-state index in [9.17, 15) is 9.59 Å². The van der Waals surface area contributed by atoms with Crippen LogP contribution in [0, 0.1) is 6.92 Å². The van der Waals surface area contributed by atoms with E-state index in [0.717, 1.165) is 14.8 Å². The van der Waals surface area contributed by atoms with Crippen molar-refractivity contribution in [2.45, 2.75) is 25.7 Å². The molecule has 5 nitrogen and oxygen atoms in total. The third-order valence-corrected chi connectivity index (χ3v) is 5.75. The molecule has 2 rings (SSSR count). The molecule has 140 valence electrons. The van der Waals surface area contributed by atoms with Gasteiger partial charge in [-0.3, -0.25) is 9.59 Å². The van der Waals surface area contributed by atoms with E-state index < -0.39 is 18.0 Å². The van der Waals surface area contributed by atoms with Crippen molar-refractivity contribution in [2.24, 2.45) is 0 Å². The largest absolute Gasteiger partial charge is 0.495 e. The lowest BCUT2D eigenvalue weighted by atomic mass is 10.2. The number of esters is 1. The molecule has 0 radical (unpaired) electrons. The molecular weight excluding hydrogens is 394 g/mol. The van der Waals surface area contributed by atoms with E-state index in [1.807, 2.05) is 25.1 Å². The molecule has 0 saturated carbocycles. The number of carbonyl (C=O) groups is 2. The van der Waals surface area contributed by atoms with Crippen LogP contribution < -0.4 is 10.1 Å². The summed E-state index contributed by atoms with van der Waals surface area (Å²) in [6.07, 6.45) is -0.899. The molecule has 0 aliphatic carbocycles. The van der Waals surface area contributed by atoms with Crippen LogP contribution in [0.15, 0.2) is 30.3 Å². The summed E-state index contributed by atoms with van der Waals surface area (Å²) in [5, 5.41) is 2.73. The summed E-state index contributed by atoms with van der Waals surface area (Å²) in [6, 6.07) is 9.21. The minimum Gasteiger partial charge on any atom is -0.495 e. The second kappa shape index (κ2) is 9.85. The number of aryl methyl sites for hydroxylation is 1. The van der Waals surface area contributed by atoms with Crippen LogP contribution in [-0.4, -0.2) is 30.8 Å². The molecule has 0 spiro atoms. The van der Waals surface area contributed by atoms with Gasteiger partial charge in [0.25, 0.3) is 5.91 Å². The Labute approximate surface area is 166 Å². The second-order valence-corrected chi connectivity index (χ2v) is 8.31. The smallest absolute Gasteiger partial charge is 0.316 e. The summed E-state index contributed by atoms with van der Waals surface area (Å²) in [7, 11) is 1.53. The summed E-state index contributed by atoms with van der Waals surface area (Å²) >= 11 is 8.77. The van der Waals surface area contributed by atoms with Crippen LogP contribution in [0.2, 0.25) is 4.34 Å². The molecule has 1 heterocycles. The standard InChI is InChI=1S/C18H20ClNO4S2/c1-11-4-6-15(23-3)14(8-11)20-18(22)12(2)24-17(21)10-25-9-13-5-7-16(19)26-13/h4-8,12H,9-10H2,1-3H3,(H,20,22)/t12-/m1/s1. The van der Waals surface area contributed by atoms with E-state index in [1.165, 1.54) is 30.2 Å². The third kappa shape index (κ3) is 6.23. The minimum atomic E-state index is -0.899. The predicted octanol–water partition coefficient (Wildman–Crippen LogP) is 4.52. The average Bonchev–Trinajstić information content (AvgIpc) is 3.00. The number of carbonyl (C=O) groups excluding carboxylic acids is 2. The first-order valence-electron chi connectivity index (χ1n) is 7.86. The quantitative estimate of drug-likeness (QED) is 0.644.